The zero-order valence-corrected chi connectivity index (χ0v) is 51.6. The molecular formula is C83H54BrN7O2. The number of halogens is 1. The number of benzene rings is 12. The number of rotatable bonds is 9. The minimum absolute atomic E-state index is 0.617. The molecule has 1 aliphatic rings. The summed E-state index contributed by atoms with van der Waals surface area (Å²) in [5, 5.41) is 2.15. The van der Waals surface area contributed by atoms with Crippen LogP contribution in [0.4, 0.5) is 0 Å². The molecule has 0 amide bonds. The highest BCUT2D eigenvalue weighted by atomic mass is 79.9. The van der Waals surface area contributed by atoms with Gasteiger partial charge in [-0.3, -0.25) is 0 Å². The Morgan fingerprint density at radius 1 is 0.312 bits per heavy atom. The normalized spacial score (nSPS) is 11.5. The van der Waals surface area contributed by atoms with Crippen molar-refractivity contribution in [3.05, 3.63) is 331 Å². The number of hydrogen-bond acceptors (Lipinski definition) is 8. The van der Waals surface area contributed by atoms with Crippen molar-refractivity contribution in [2.24, 2.45) is 0 Å². The molecule has 9 nitrogen and oxygen atoms in total. The molecule has 93 heavy (non-hydrogen) atoms. The molecule has 5 aromatic heterocycles. The van der Waals surface area contributed by atoms with E-state index in [-0.39, 0.29) is 0 Å². The first-order valence-corrected chi connectivity index (χ1v) is 31.6. The second kappa shape index (κ2) is 24.8. The van der Waals surface area contributed by atoms with E-state index in [2.05, 4.69) is 171 Å². The molecule has 0 N–H and O–H groups in total. The van der Waals surface area contributed by atoms with Crippen LogP contribution in [-0.2, 0) is 6.42 Å². The van der Waals surface area contributed by atoms with Gasteiger partial charge in [-0.15, -0.1) is 0 Å². The van der Waals surface area contributed by atoms with Crippen molar-refractivity contribution >= 4 is 59.9 Å². The van der Waals surface area contributed by atoms with Crippen LogP contribution < -0.4 is 0 Å². The highest BCUT2D eigenvalue weighted by molar-refractivity contribution is 9.10. The second-order valence-electron chi connectivity index (χ2n) is 22.7. The molecule has 0 aliphatic heterocycles. The molecule has 1 aliphatic carbocycles. The molecule has 18 rings (SSSR count). The number of para-hydroxylation sites is 1. The van der Waals surface area contributed by atoms with Crippen LogP contribution in [0.25, 0.3) is 152 Å². The van der Waals surface area contributed by atoms with Crippen molar-refractivity contribution in [1.29, 1.82) is 0 Å². The third kappa shape index (κ3) is 11.3. The lowest BCUT2D eigenvalue weighted by Crippen LogP contribution is -1.98. The minimum Gasteiger partial charge on any atom is -0.435 e. The topological polar surface area (TPSA) is 109 Å². The second-order valence-corrected chi connectivity index (χ2v) is 23.6. The molecule has 12 aromatic carbocycles. The van der Waals surface area contributed by atoms with Crippen LogP contribution in [0.3, 0.4) is 0 Å². The number of hydrogen-bond donors (Lipinski definition) is 0. The molecule has 0 spiro atoms. The van der Waals surface area contributed by atoms with Crippen molar-refractivity contribution in [2.45, 2.75) is 6.42 Å². The Morgan fingerprint density at radius 3 is 1.28 bits per heavy atom. The molecule has 0 unspecified atom stereocenters. The lowest BCUT2D eigenvalue weighted by atomic mass is 10.1. The van der Waals surface area contributed by atoms with E-state index < -0.39 is 0 Å². The SMILES string of the molecule is Brc1cccc(-c2nc(-c3ccccc3)cc(-c3ccccc3)n2)c1.c1ccc(-c2cc(-c3ccccc3)nc(-c3cccc(-n4c5ccccc5c5c6oc(-c7ccccc7)nc6ccc54)c3)n2)cc1.c1ccc(-c2nc3ccc4c(c3o2)-c2ccccc2C4)cc1. The standard InChI is InChI=1S/C41H26N4O.C22H15BrN2.C20H13NO/c1-4-13-27(14-5-1)34-26-35(28-15-6-2-7-16-28)43-40(42-34)30-19-12-20-31(25-30)45-36-22-11-10-21-32(36)38-37(45)24-23-33-39(38)46-41(44-33)29-17-8-3-9-18-29;23-19-13-7-12-18(14-19)22-24-20(16-8-3-1-4-9-16)15-21(25-22)17-10-5-2-6-11-17;1-2-6-13(7-3-1)20-21-17-11-10-15-12-14-8-4-5-9-16(14)18(15)19(17)22-20/h1-26H;1-15H;1-11H,12H2. The largest absolute Gasteiger partial charge is 0.435 e. The van der Waals surface area contributed by atoms with Crippen molar-refractivity contribution < 1.29 is 8.83 Å². The van der Waals surface area contributed by atoms with Crippen LogP contribution >= 0.6 is 15.9 Å². The summed E-state index contributed by atoms with van der Waals surface area (Å²) < 4.78 is 15.9. The van der Waals surface area contributed by atoms with Crippen molar-refractivity contribution in [1.82, 2.24) is 34.5 Å². The third-order valence-electron chi connectivity index (χ3n) is 16.7. The molecule has 5 heterocycles. The van der Waals surface area contributed by atoms with Crippen molar-refractivity contribution in [3.8, 4) is 108 Å². The molecule has 0 saturated heterocycles. The summed E-state index contributed by atoms with van der Waals surface area (Å²) in [6, 6.07) is 107. The fraction of sp³-hybridized carbons (Fsp3) is 0.0120. The summed E-state index contributed by atoms with van der Waals surface area (Å²) in [5.41, 5.74) is 23.5. The number of aromatic nitrogens is 7. The van der Waals surface area contributed by atoms with E-state index in [9.17, 15) is 0 Å². The van der Waals surface area contributed by atoms with Gasteiger partial charge in [-0.2, -0.15) is 0 Å². The maximum atomic E-state index is 6.48. The monoisotopic (exact) mass is 1260 g/mol. The van der Waals surface area contributed by atoms with Crippen molar-refractivity contribution in [2.75, 3.05) is 0 Å². The molecular weight excluding hydrogens is 1210 g/mol. The van der Waals surface area contributed by atoms with Gasteiger partial charge in [0.15, 0.2) is 22.8 Å². The molecule has 440 valence electrons. The Kier molecular flexibility index (Phi) is 15.0. The Bertz CT molecular complexity index is 5430. The van der Waals surface area contributed by atoms with Crippen LogP contribution in [0.5, 0.6) is 0 Å². The van der Waals surface area contributed by atoms with Gasteiger partial charge in [-0.05, 0) is 108 Å². The lowest BCUT2D eigenvalue weighted by molar-refractivity contribution is 0.620. The highest BCUT2D eigenvalue weighted by Crippen LogP contribution is 2.43. The Labute approximate surface area is 544 Å². The van der Waals surface area contributed by atoms with Crippen LogP contribution in [0.15, 0.2) is 329 Å². The molecule has 10 heteroatoms. The maximum Gasteiger partial charge on any atom is 0.227 e. The predicted molar refractivity (Wildman–Crippen MR) is 379 cm³/mol. The summed E-state index contributed by atoms with van der Waals surface area (Å²) in [5.74, 6) is 2.70. The van der Waals surface area contributed by atoms with Gasteiger partial charge in [0.05, 0.1) is 39.2 Å². The minimum atomic E-state index is 0.617. The molecule has 0 radical (unpaired) electrons. The Morgan fingerprint density at radius 2 is 0.742 bits per heavy atom. The van der Waals surface area contributed by atoms with E-state index in [4.69, 9.17) is 33.8 Å². The van der Waals surface area contributed by atoms with E-state index in [0.29, 0.717) is 17.6 Å². The van der Waals surface area contributed by atoms with E-state index in [1.165, 1.54) is 22.3 Å². The zero-order chi connectivity index (χ0) is 62.0. The first-order valence-electron chi connectivity index (χ1n) is 30.8. The van der Waals surface area contributed by atoms with E-state index >= 15 is 0 Å². The molecule has 0 saturated carbocycles. The van der Waals surface area contributed by atoms with Crippen LogP contribution in [0.1, 0.15) is 11.1 Å². The Balaban J connectivity index is 0.000000122. The van der Waals surface area contributed by atoms with Crippen LogP contribution in [-0.4, -0.2) is 34.5 Å². The summed E-state index contributed by atoms with van der Waals surface area (Å²) in [7, 11) is 0. The van der Waals surface area contributed by atoms with Gasteiger partial charge in [0.25, 0.3) is 0 Å². The summed E-state index contributed by atoms with van der Waals surface area (Å²) in [4.78, 5) is 29.3. The maximum absolute atomic E-state index is 6.48. The predicted octanol–water partition coefficient (Wildman–Crippen LogP) is 21.7. The first-order chi connectivity index (χ1) is 46.0. The van der Waals surface area contributed by atoms with Crippen molar-refractivity contribution in [3.63, 3.8) is 0 Å². The average Bonchev–Trinajstić information content (AvgIpc) is 1.59. The summed E-state index contributed by atoms with van der Waals surface area (Å²) in [6.07, 6.45) is 0.975. The van der Waals surface area contributed by atoms with Gasteiger partial charge in [0.2, 0.25) is 11.8 Å². The molecule has 0 atom stereocenters. The third-order valence-corrected chi connectivity index (χ3v) is 17.2. The smallest absolute Gasteiger partial charge is 0.227 e. The highest BCUT2D eigenvalue weighted by Gasteiger charge is 2.25. The summed E-state index contributed by atoms with van der Waals surface area (Å²) >= 11 is 3.53. The van der Waals surface area contributed by atoms with Gasteiger partial charge in [-0.25, -0.2) is 29.9 Å². The quantitative estimate of drug-likeness (QED) is 0.141. The molecule has 0 fully saturated rings. The Hall–Kier alpha value is -12.0. The fourth-order valence-corrected chi connectivity index (χ4v) is 12.7. The molecule has 17 aromatic rings. The number of nitrogens with zero attached hydrogens (tertiary/aromatic N) is 7. The fourth-order valence-electron chi connectivity index (χ4n) is 12.3. The van der Waals surface area contributed by atoms with Gasteiger partial charge in [0, 0.05) is 65.6 Å². The summed E-state index contributed by atoms with van der Waals surface area (Å²) in [6.45, 7) is 0. The molecule has 0 bridgehead atoms. The van der Waals surface area contributed by atoms with Gasteiger partial charge >= 0.3 is 0 Å². The van der Waals surface area contributed by atoms with E-state index in [1.807, 2.05) is 170 Å². The average molecular weight is 1260 g/mol. The first kappa shape index (κ1) is 56.3. The lowest BCUT2D eigenvalue weighted by Gasteiger charge is -2.12. The zero-order valence-electron chi connectivity index (χ0n) is 50.1. The van der Waals surface area contributed by atoms with Gasteiger partial charge in [0.1, 0.15) is 11.0 Å². The van der Waals surface area contributed by atoms with E-state index in [0.717, 1.165) is 134 Å². The van der Waals surface area contributed by atoms with Crippen LogP contribution in [0.2, 0.25) is 0 Å². The number of oxazole rings is 2. The van der Waals surface area contributed by atoms with Gasteiger partial charge < -0.3 is 13.4 Å². The number of fused-ring (bicyclic) bond motifs is 10. The van der Waals surface area contributed by atoms with Crippen LogP contribution in [0, 0.1) is 0 Å². The van der Waals surface area contributed by atoms with Gasteiger partial charge in [-0.1, -0.05) is 246 Å². The van der Waals surface area contributed by atoms with E-state index in [1.54, 1.807) is 0 Å².